The molecule has 0 aliphatic rings. The molecule has 0 spiro atoms. The zero-order chi connectivity index (χ0) is 11.3. The molecule has 0 radical (unpaired) electrons. The molecule has 0 aliphatic heterocycles. The van der Waals surface area contributed by atoms with E-state index in [9.17, 15) is 4.79 Å². The summed E-state index contributed by atoms with van der Waals surface area (Å²) < 4.78 is 5.07. The molecule has 0 N–H and O–H groups in total. The van der Waals surface area contributed by atoms with E-state index in [0.717, 1.165) is 12.8 Å². The lowest BCUT2D eigenvalue weighted by atomic mass is 10.2. The highest BCUT2D eigenvalue weighted by atomic mass is 35.5. The zero-order valence-corrected chi connectivity index (χ0v) is 9.94. The standard InChI is InChI=1S/C11H12Cl2O2/c1-2-3-7-10(14)15-9-6-4-5-8(12)11(9)13/h4-6H,2-3,7H2,1H3. The molecule has 0 amide bonds. The van der Waals surface area contributed by atoms with E-state index in [4.69, 9.17) is 27.9 Å². The van der Waals surface area contributed by atoms with Crippen LogP contribution in [0.2, 0.25) is 10.0 Å². The third kappa shape index (κ3) is 3.73. The normalized spacial score (nSPS) is 10.1. The van der Waals surface area contributed by atoms with Crippen LogP contribution in [0.3, 0.4) is 0 Å². The predicted molar refractivity (Wildman–Crippen MR) is 61.6 cm³/mol. The van der Waals surface area contributed by atoms with Crippen molar-refractivity contribution in [2.75, 3.05) is 0 Å². The van der Waals surface area contributed by atoms with Gasteiger partial charge in [-0.3, -0.25) is 4.79 Å². The second-order valence-corrected chi connectivity index (χ2v) is 3.91. The molecule has 4 heteroatoms. The number of ether oxygens (including phenoxy) is 1. The molecule has 0 heterocycles. The van der Waals surface area contributed by atoms with E-state index in [-0.39, 0.29) is 11.0 Å². The Balaban J connectivity index is 2.64. The van der Waals surface area contributed by atoms with E-state index >= 15 is 0 Å². The van der Waals surface area contributed by atoms with Gasteiger partial charge in [0.1, 0.15) is 5.02 Å². The van der Waals surface area contributed by atoms with Gasteiger partial charge in [0, 0.05) is 6.42 Å². The number of unbranched alkanes of at least 4 members (excludes halogenated alkanes) is 1. The average Bonchev–Trinajstić information content (AvgIpc) is 2.22. The molecular formula is C11H12Cl2O2. The molecule has 0 saturated heterocycles. The molecule has 0 unspecified atom stereocenters. The Bertz CT molecular complexity index is 350. The van der Waals surface area contributed by atoms with Crippen LogP contribution < -0.4 is 4.74 Å². The number of hydrogen-bond acceptors (Lipinski definition) is 2. The molecule has 0 saturated carbocycles. The average molecular weight is 247 g/mol. The van der Waals surface area contributed by atoms with Crippen LogP contribution in [-0.2, 0) is 4.79 Å². The van der Waals surface area contributed by atoms with Crippen molar-refractivity contribution in [2.24, 2.45) is 0 Å². The van der Waals surface area contributed by atoms with Crippen molar-refractivity contribution in [1.29, 1.82) is 0 Å². The van der Waals surface area contributed by atoms with E-state index in [1.54, 1.807) is 18.2 Å². The van der Waals surface area contributed by atoms with Crippen molar-refractivity contribution in [2.45, 2.75) is 26.2 Å². The minimum Gasteiger partial charge on any atom is -0.425 e. The van der Waals surface area contributed by atoms with Crippen molar-refractivity contribution in [3.63, 3.8) is 0 Å². The zero-order valence-electron chi connectivity index (χ0n) is 8.43. The summed E-state index contributed by atoms with van der Waals surface area (Å²) in [6.45, 7) is 2.01. The maximum absolute atomic E-state index is 11.3. The molecule has 1 rings (SSSR count). The quantitative estimate of drug-likeness (QED) is 0.591. The maximum atomic E-state index is 11.3. The van der Waals surface area contributed by atoms with Crippen molar-refractivity contribution in [3.8, 4) is 5.75 Å². The first kappa shape index (κ1) is 12.3. The Morgan fingerprint density at radius 1 is 1.40 bits per heavy atom. The van der Waals surface area contributed by atoms with Crippen molar-refractivity contribution < 1.29 is 9.53 Å². The van der Waals surface area contributed by atoms with Gasteiger partial charge >= 0.3 is 5.97 Å². The highest BCUT2D eigenvalue weighted by Crippen LogP contribution is 2.31. The van der Waals surface area contributed by atoms with Gasteiger partial charge in [0.2, 0.25) is 0 Å². The van der Waals surface area contributed by atoms with Gasteiger partial charge in [-0.15, -0.1) is 0 Å². The maximum Gasteiger partial charge on any atom is 0.311 e. The Morgan fingerprint density at radius 3 is 2.80 bits per heavy atom. The molecule has 1 aromatic rings. The lowest BCUT2D eigenvalue weighted by molar-refractivity contribution is -0.134. The highest BCUT2D eigenvalue weighted by molar-refractivity contribution is 6.43. The van der Waals surface area contributed by atoms with Crippen LogP contribution in [0.5, 0.6) is 5.75 Å². The van der Waals surface area contributed by atoms with Crippen molar-refractivity contribution >= 4 is 29.2 Å². The number of hydrogen-bond donors (Lipinski definition) is 0. The fraction of sp³-hybridized carbons (Fsp3) is 0.364. The van der Waals surface area contributed by atoms with Gasteiger partial charge in [-0.2, -0.15) is 0 Å². The van der Waals surface area contributed by atoms with Gasteiger partial charge in [-0.05, 0) is 18.6 Å². The number of rotatable bonds is 4. The summed E-state index contributed by atoms with van der Waals surface area (Å²) in [5.41, 5.74) is 0. The lowest BCUT2D eigenvalue weighted by Crippen LogP contribution is -2.07. The van der Waals surface area contributed by atoms with E-state index in [1.165, 1.54) is 0 Å². The van der Waals surface area contributed by atoms with Gasteiger partial charge < -0.3 is 4.74 Å². The van der Waals surface area contributed by atoms with Gasteiger partial charge in [0.05, 0.1) is 5.02 Å². The van der Waals surface area contributed by atoms with E-state index < -0.39 is 0 Å². The first-order valence-electron chi connectivity index (χ1n) is 4.80. The molecule has 0 fully saturated rings. The Labute approximate surface area is 99.1 Å². The number of esters is 1. The first-order valence-corrected chi connectivity index (χ1v) is 5.55. The summed E-state index contributed by atoms with van der Waals surface area (Å²) in [4.78, 5) is 11.3. The van der Waals surface area contributed by atoms with Crippen LogP contribution in [0.4, 0.5) is 0 Å². The minimum atomic E-state index is -0.277. The number of carbonyl (C=O) groups excluding carboxylic acids is 1. The second kappa shape index (κ2) is 5.99. The first-order chi connectivity index (χ1) is 7.15. The molecule has 15 heavy (non-hydrogen) atoms. The fourth-order valence-electron chi connectivity index (χ4n) is 1.06. The van der Waals surface area contributed by atoms with Gasteiger partial charge in [-0.25, -0.2) is 0 Å². The van der Waals surface area contributed by atoms with Crippen LogP contribution >= 0.6 is 23.2 Å². The third-order valence-corrected chi connectivity index (χ3v) is 2.68. The Kier molecular flexibility index (Phi) is 4.92. The van der Waals surface area contributed by atoms with E-state index in [2.05, 4.69) is 0 Å². The summed E-state index contributed by atoms with van der Waals surface area (Å²) in [5, 5.41) is 0.668. The molecule has 0 atom stereocenters. The second-order valence-electron chi connectivity index (χ2n) is 3.13. The molecule has 1 aromatic carbocycles. The van der Waals surface area contributed by atoms with Gasteiger partial charge in [-0.1, -0.05) is 42.6 Å². The van der Waals surface area contributed by atoms with E-state index in [0.29, 0.717) is 17.2 Å². The third-order valence-electron chi connectivity index (χ3n) is 1.87. The van der Waals surface area contributed by atoms with Crippen molar-refractivity contribution in [1.82, 2.24) is 0 Å². The van der Waals surface area contributed by atoms with Crippen molar-refractivity contribution in [3.05, 3.63) is 28.2 Å². The molecule has 0 aromatic heterocycles. The summed E-state index contributed by atoms with van der Waals surface area (Å²) in [7, 11) is 0. The Hall–Kier alpha value is -0.730. The van der Waals surface area contributed by atoms with Crippen LogP contribution in [-0.4, -0.2) is 5.97 Å². The molecular weight excluding hydrogens is 235 g/mol. The lowest BCUT2D eigenvalue weighted by Gasteiger charge is -2.06. The topological polar surface area (TPSA) is 26.3 Å². The largest absolute Gasteiger partial charge is 0.425 e. The smallest absolute Gasteiger partial charge is 0.311 e. The summed E-state index contributed by atoms with van der Waals surface area (Å²) in [6.07, 6.45) is 2.18. The van der Waals surface area contributed by atoms with Crippen LogP contribution in [0, 0.1) is 0 Å². The predicted octanol–water partition coefficient (Wildman–Crippen LogP) is 4.09. The Morgan fingerprint density at radius 2 is 2.13 bits per heavy atom. The SMILES string of the molecule is CCCCC(=O)Oc1cccc(Cl)c1Cl. The highest BCUT2D eigenvalue weighted by Gasteiger charge is 2.09. The molecule has 82 valence electrons. The summed E-state index contributed by atoms with van der Waals surface area (Å²) >= 11 is 11.6. The number of benzene rings is 1. The van der Waals surface area contributed by atoms with Crippen LogP contribution in [0.15, 0.2) is 18.2 Å². The monoisotopic (exact) mass is 246 g/mol. The molecule has 2 nitrogen and oxygen atoms in total. The molecule has 0 aliphatic carbocycles. The number of halogens is 2. The van der Waals surface area contributed by atoms with Crippen LogP contribution in [0.1, 0.15) is 26.2 Å². The summed E-state index contributed by atoms with van der Waals surface area (Å²) in [5.74, 6) is 0.0475. The van der Waals surface area contributed by atoms with Gasteiger partial charge in [0.25, 0.3) is 0 Å². The van der Waals surface area contributed by atoms with E-state index in [1.807, 2.05) is 6.92 Å². The van der Waals surface area contributed by atoms with Gasteiger partial charge in [0.15, 0.2) is 5.75 Å². The number of carbonyl (C=O) groups is 1. The summed E-state index contributed by atoms with van der Waals surface area (Å²) in [6, 6.07) is 4.96. The minimum absolute atomic E-state index is 0.277. The van der Waals surface area contributed by atoms with Crippen LogP contribution in [0.25, 0.3) is 0 Å². The fourth-order valence-corrected chi connectivity index (χ4v) is 1.39. The molecule has 0 bridgehead atoms.